The van der Waals surface area contributed by atoms with Crippen LogP contribution in [0.25, 0.3) is 0 Å². The smallest absolute Gasteiger partial charge is 0.124 e. The molecular weight excluding hydrogens is 261 g/mol. The fourth-order valence-electron chi connectivity index (χ4n) is 2.61. The summed E-state index contributed by atoms with van der Waals surface area (Å²) in [6.45, 7) is 0. The van der Waals surface area contributed by atoms with E-state index in [2.05, 4.69) is 23.5 Å². The highest BCUT2D eigenvalue weighted by molar-refractivity contribution is 6.31. The monoisotopic (exact) mass is 275 g/mol. The number of fused-ring (bicyclic) bond motifs is 1. The van der Waals surface area contributed by atoms with Crippen LogP contribution in [0.3, 0.4) is 0 Å². The Morgan fingerprint density at radius 2 is 2.05 bits per heavy atom. The van der Waals surface area contributed by atoms with Gasteiger partial charge in [-0.3, -0.25) is 0 Å². The van der Waals surface area contributed by atoms with Crippen molar-refractivity contribution in [2.24, 2.45) is 0 Å². The molecule has 0 amide bonds. The van der Waals surface area contributed by atoms with E-state index in [0.29, 0.717) is 11.1 Å². The minimum atomic E-state index is -0.282. The van der Waals surface area contributed by atoms with Crippen LogP contribution in [0, 0.1) is 5.82 Å². The Morgan fingerprint density at radius 1 is 1.21 bits per heavy atom. The van der Waals surface area contributed by atoms with Crippen molar-refractivity contribution in [3.05, 3.63) is 64.4 Å². The fourth-order valence-corrected chi connectivity index (χ4v) is 2.85. The first kappa shape index (κ1) is 12.5. The van der Waals surface area contributed by atoms with Crippen molar-refractivity contribution < 1.29 is 4.39 Å². The van der Waals surface area contributed by atoms with E-state index in [0.717, 1.165) is 24.8 Å². The van der Waals surface area contributed by atoms with Crippen LogP contribution in [-0.4, -0.2) is 6.04 Å². The van der Waals surface area contributed by atoms with Gasteiger partial charge in [-0.15, -0.1) is 0 Å². The van der Waals surface area contributed by atoms with E-state index in [1.165, 1.54) is 23.4 Å². The second kappa shape index (κ2) is 5.22. The van der Waals surface area contributed by atoms with Gasteiger partial charge < -0.3 is 5.32 Å². The molecule has 1 unspecified atom stereocenters. The number of para-hydroxylation sites is 1. The normalized spacial score (nSPS) is 17.7. The third-order valence-corrected chi connectivity index (χ3v) is 3.97. The molecule has 98 valence electrons. The maximum absolute atomic E-state index is 13.0. The lowest BCUT2D eigenvalue weighted by Crippen LogP contribution is -2.27. The maximum Gasteiger partial charge on any atom is 0.124 e. The van der Waals surface area contributed by atoms with Gasteiger partial charge in [0.2, 0.25) is 0 Å². The molecule has 0 bridgehead atoms. The predicted molar refractivity (Wildman–Crippen MR) is 77.3 cm³/mol. The molecule has 0 aromatic heterocycles. The molecule has 1 atom stereocenters. The lowest BCUT2D eigenvalue weighted by Gasteiger charge is -2.27. The van der Waals surface area contributed by atoms with Gasteiger partial charge in [-0.2, -0.15) is 0 Å². The van der Waals surface area contributed by atoms with E-state index in [-0.39, 0.29) is 5.82 Å². The Kier molecular flexibility index (Phi) is 3.43. The molecule has 1 N–H and O–H groups in total. The fraction of sp³-hybridized carbons (Fsp3) is 0.250. The quantitative estimate of drug-likeness (QED) is 0.854. The molecule has 0 spiro atoms. The first-order chi connectivity index (χ1) is 9.22. The second-order valence-corrected chi connectivity index (χ2v) is 5.38. The van der Waals surface area contributed by atoms with Gasteiger partial charge in [-0.1, -0.05) is 35.9 Å². The minimum absolute atomic E-state index is 0.282. The van der Waals surface area contributed by atoms with Crippen molar-refractivity contribution in [2.75, 3.05) is 5.32 Å². The molecule has 0 fully saturated rings. The maximum atomic E-state index is 13.0. The molecule has 3 rings (SSSR count). The Balaban J connectivity index is 1.75. The molecule has 1 aliphatic heterocycles. The Bertz CT molecular complexity index is 597. The highest BCUT2D eigenvalue weighted by Crippen LogP contribution is 2.27. The van der Waals surface area contributed by atoms with Crippen molar-refractivity contribution in [1.82, 2.24) is 0 Å². The van der Waals surface area contributed by atoms with Gasteiger partial charge in [-0.05, 0) is 48.6 Å². The van der Waals surface area contributed by atoms with Gasteiger partial charge in [0.25, 0.3) is 0 Å². The van der Waals surface area contributed by atoms with Gasteiger partial charge in [0.15, 0.2) is 0 Å². The summed E-state index contributed by atoms with van der Waals surface area (Å²) in [5.74, 6) is -0.282. The lowest BCUT2D eigenvalue weighted by atomic mass is 9.94. The van der Waals surface area contributed by atoms with Crippen molar-refractivity contribution in [2.45, 2.75) is 25.3 Å². The van der Waals surface area contributed by atoms with Crippen molar-refractivity contribution in [3.8, 4) is 0 Å². The van der Waals surface area contributed by atoms with E-state index in [9.17, 15) is 4.39 Å². The van der Waals surface area contributed by atoms with Crippen LogP contribution in [-0.2, 0) is 12.8 Å². The first-order valence-corrected chi connectivity index (χ1v) is 6.88. The second-order valence-electron chi connectivity index (χ2n) is 4.98. The minimum Gasteiger partial charge on any atom is -0.382 e. The van der Waals surface area contributed by atoms with E-state index < -0.39 is 0 Å². The first-order valence-electron chi connectivity index (χ1n) is 6.51. The zero-order chi connectivity index (χ0) is 13.2. The SMILES string of the molecule is Fc1ccc(CC2CCc3ccccc3N2)c(Cl)c1. The Hall–Kier alpha value is -1.54. The summed E-state index contributed by atoms with van der Waals surface area (Å²) in [6.07, 6.45) is 2.98. The van der Waals surface area contributed by atoms with Gasteiger partial charge in [0.1, 0.15) is 5.82 Å². The zero-order valence-electron chi connectivity index (χ0n) is 10.5. The molecule has 0 aliphatic carbocycles. The molecule has 1 aliphatic rings. The number of hydrogen-bond acceptors (Lipinski definition) is 1. The van der Waals surface area contributed by atoms with Gasteiger partial charge in [0, 0.05) is 16.8 Å². The Morgan fingerprint density at radius 3 is 2.89 bits per heavy atom. The summed E-state index contributed by atoms with van der Waals surface area (Å²) in [7, 11) is 0. The summed E-state index contributed by atoms with van der Waals surface area (Å²) >= 11 is 6.08. The number of hydrogen-bond donors (Lipinski definition) is 1. The van der Waals surface area contributed by atoms with Gasteiger partial charge in [-0.25, -0.2) is 4.39 Å². The molecular formula is C16H15ClFN. The van der Waals surface area contributed by atoms with E-state index in [1.54, 1.807) is 6.07 Å². The number of rotatable bonds is 2. The molecule has 0 saturated heterocycles. The van der Waals surface area contributed by atoms with Crippen LogP contribution < -0.4 is 5.32 Å². The number of aryl methyl sites for hydroxylation is 1. The number of nitrogens with one attached hydrogen (secondary N) is 1. The molecule has 2 aromatic carbocycles. The van der Waals surface area contributed by atoms with Crippen LogP contribution >= 0.6 is 11.6 Å². The van der Waals surface area contributed by atoms with E-state index in [4.69, 9.17) is 11.6 Å². The molecule has 3 heteroatoms. The van der Waals surface area contributed by atoms with Gasteiger partial charge >= 0.3 is 0 Å². The van der Waals surface area contributed by atoms with Crippen molar-refractivity contribution in [1.29, 1.82) is 0 Å². The molecule has 0 radical (unpaired) electrons. The van der Waals surface area contributed by atoms with Crippen LogP contribution in [0.1, 0.15) is 17.5 Å². The lowest BCUT2D eigenvalue weighted by molar-refractivity contribution is 0.617. The molecule has 0 saturated carbocycles. The van der Waals surface area contributed by atoms with E-state index >= 15 is 0 Å². The molecule has 1 nitrogen and oxygen atoms in total. The molecule has 1 heterocycles. The predicted octanol–water partition coefficient (Wildman–Crippen LogP) is 4.45. The third kappa shape index (κ3) is 2.74. The largest absolute Gasteiger partial charge is 0.382 e. The number of halogens is 2. The topological polar surface area (TPSA) is 12.0 Å². The average molecular weight is 276 g/mol. The standard InChI is InChI=1S/C16H15ClFN/c17-15-10-13(18)7-5-12(15)9-14-8-6-11-3-1-2-4-16(11)19-14/h1-5,7,10,14,19H,6,8-9H2. The summed E-state index contributed by atoms with van der Waals surface area (Å²) in [5, 5.41) is 4.05. The van der Waals surface area contributed by atoms with Crippen LogP contribution in [0.4, 0.5) is 10.1 Å². The molecule has 19 heavy (non-hydrogen) atoms. The van der Waals surface area contributed by atoms with Crippen molar-refractivity contribution >= 4 is 17.3 Å². The summed E-state index contributed by atoms with van der Waals surface area (Å²) in [6, 6.07) is 13.4. The highest BCUT2D eigenvalue weighted by Gasteiger charge is 2.18. The van der Waals surface area contributed by atoms with E-state index in [1.807, 2.05) is 6.07 Å². The van der Waals surface area contributed by atoms with Crippen LogP contribution in [0.5, 0.6) is 0 Å². The summed E-state index contributed by atoms with van der Waals surface area (Å²) < 4.78 is 13.0. The zero-order valence-corrected chi connectivity index (χ0v) is 11.3. The van der Waals surface area contributed by atoms with Gasteiger partial charge in [0.05, 0.1) is 0 Å². The average Bonchev–Trinajstić information content (AvgIpc) is 2.42. The molecule has 2 aromatic rings. The Labute approximate surface area is 117 Å². The summed E-state index contributed by atoms with van der Waals surface area (Å²) in [4.78, 5) is 0. The highest BCUT2D eigenvalue weighted by atomic mass is 35.5. The summed E-state index contributed by atoms with van der Waals surface area (Å²) in [5.41, 5.74) is 3.57. The third-order valence-electron chi connectivity index (χ3n) is 3.62. The van der Waals surface area contributed by atoms with Crippen molar-refractivity contribution in [3.63, 3.8) is 0 Å². The number of benzene rings is 2. The van der Waals surface area contributed by atoms with Crippen LogP contribution in [0.15, 0.2) is 42.5 Å². The van der Waals surface area contributed by atoms with Crippen LogP contribution in [0.2, 0.25) is 5.02 Å². The number of anilines is 1.